The van der Waals surface area contributed by atoms with Crippen LogP contribution in [0.25, 0.3) is 145 Å². The van der Waals surface area contributed by atoms with E-state index in [0.29, 0.717) is 35.3 Å². The van der Waals surface area contributed by atoms with E-state index in [0.717, 1.165) is 110 Å². The first-order chi connectivity index (χ1) is 37.7. The van der Waals surface area contributed by atoms with Crippen LogP contribution in [0.5, 0.6) is 0 Å². The number of hydrogen-bond donors (Lipinski definition) is 0. The summed E-state index contributed by atoms with van der Waals surface area (Å²) in [6.07, 6.45) is 0. The Hall–Kier alpha value is -10.6. The van der Waals surface area contributed by atoms with Crippen LogP contribution in [-0.4, -0.2) is 48.2 Å². The summed E-state index contributed by atoms with van der Waals surface area (Å²) in [5.41, 5.74) is 11.9. The third-order valence-electron chi connectivity index (χ3n) is 14.9. The zero-order valence-electron chi connectivity index (χ0n) is 40.6. The molecule has 0 N–H and O–H groups in total. The number of hydrogen-bond acceptors (Lipinski definition) is 6. The van der Waals surface area contributed by atoms with Crippen LogP contribution >= 0.6 is 0 Å². The Bertz CT molecular complexity index is 4710. The van der Waals surface area contributed by atoms with Gasteiger partial charge in [0.1, 0.15) is 0 Å². The summed E-state index contributed by atoms with van der Waals surface area (Å²) in [5, 5.41) is 8.96. The minimum absolute atomic E-state index is 0.507. The van der Waals surface area contributed by atoms with Crippen molar-refractivity contribution in [1.82, 2.24) is 48.2 Å². The molecule has 354 valence electrons. The van der Waals surface area contributed by atoms with Crippen LogP contribution in [0.1, 0.15) is 0 Å². The highest BCUT2D eigenvalue weighted by Gasteiger charge is 2.25. The summed E-state index contributed by atoms with van der Waals surface area (Å²) < 4.78 is 8.95. The van der Waals surface area contributed by atoms with Crippen molar-refractivity contribution in [3.8, 4) is 57.7 Å². The second kappa shape index (κ2) is 16.5. The average molecular weight is 973 g/mol. The van der Waals surface area contributed by atoms with Crippen LogP contribution < -0.4 is 0 Å². The lowest BCUT2D eigenvalue weighted by Gasteiger charge is -2.14. The minimum atomic E-state index is 0.507. The molecule has 0 amide bonds. The quantitative estimate of drug-likeness (QED) is 0.158. The van der Waals surface area contributed by atoms with Crippen molar-refractivity contribution in [1.29, 1.82) is 0 Å². The predicted molar refractivity (Wildman–Crippen MR) is 307 cm³/mol. The molecule has 6 aromatic heterocycles. The normalized spacial score (nSPS) is 11.9. The molecule has 0 aliphatic heterocycles. The Morgan fingerprint density at radius 2 is 0.513 bits per heavy atom. The highest BCUT2D eigenvalue weighted by atomic mass is 15.3. The van der Waals surface area contributed by atoms with Gasteiger partial charge in [-0.1, -0.05) is 182 Å². The largest absolute Gasteiger partial charge is 0.309 e. The van der Waals surface area contributed by atoms with Gasteiger partial charge in [0.05, 0.1) is 44.1 Å². The Morgan fingerprint density at radius 3 is 0.934 bits per heavy atom. The molecule has 0 aliphatic carbocycles. The third kappa shape index (κ3) is 6.28. The van der Waals surface area contributed by atoms with E-state index >= 15 is 0 Å². The van der Waals surface area contributed by atoms with Crippen LogP contribution in [0.2, 0.25) is 0 Å². The first kappa shape index (κ1) is 42.0. The topological polar surface area (TPSA) is 97.1 Å². The van der Waals surface area contributed by atoms with Crippen molar-refractivity contribution >= 4 is 87.2 Å². The number of nitrogens with zero attached hydrogens (tertiary/aromatic N) is 10. The SMILES string of the molecule is c1ccc(-c2nc(-c3ccccc3)nc(-c3cccc(-n4c5ccccc5c5c6c7ccccc7n(-c7nc(-n8c9ccccc9c9ccccc98)nc(-n8c9ccccc9c9ccccc98)n7)c6ccc54)c3)n2)cc1. The van der Waals surface area contributed by atoms with Gasteiger partial charge in [-0.3, -0.25) is 13.7 Å². The highest BCUT2D eigenvalue weighted by molar-refractivity contribution is 6.29. The molecule has 0 aliphatic rings. The van der Waals surface area contributed by atoms with E-state index in [1.54, 1.807) is 0 Å². The Morgan fingerprint density at radius 1 is 0.211 bits per heavy atom. The van der Waals surface area contributed by atoms with Crippen LogP contribution in [0.3, 0.4) is 0 Å². The molecule has 0 saturated carbocycles. The van der Waals surface area contributed by atoms with Crippen LogP contribution in [-0.2, 0) is 0 Å². The van der Waals surface area contributed by atoms with Gasteiger partial charge in [0.25, 0.3) is 0 Å². The van der Waals surface area contributed by atoms with Crippen LogP contribution in [0, 0.1) is 0 Å². The smallest absolute Gasteiger partial charge is 0.241 e. The van der Waals surface area contributed by atoms with Crippen molar-refractivity contribution in [2.45, 2.75) is 0 Å². The van der Waals surface area contributed by atoms with Gasteiger partial charge in [0.15, 0.2) is 17.5 Å². The molecular formula is C66H40N10. The maximum absolute atomic E-state index is 5.54. The Labute approximate surface area is 433 Å². The Balaban J connectivity index is 0.948. The maximum atomic E-state index is 5.54. The van der Waals surface area contributed by atoms with Crippen molar-refractivity contribution in [2.24, 2.45) is 0 Å². The summed E-state index contributed by atoms with van der Waals surface area (Å²) in [7, 11) is 0. The minimum Gasteiger partial charge on any atom is -0.309 e. The van der Waals surface area contributed by atoms with Gasteiger partial charge in [-0.15, -0.1) is 0 Å². The van der Waals surface area contributed by atoms with E-state index in [2.05, 4.69) is 200 Å². The van der Waals surface area contributed by atoms with Crippen molar-refractivity contribution in [3.05, 3.63) is 243 Å². The molecule has 76 heavy (non-hydrogen) atoms. The molecule has 10 nitrogen and oxygen atoms in total. The average Bonchev–Trinajstić information content (AvgIpc) is 4.23. The second-order valence-electron chi connectivity index (χ2n) is 19.1. The third-order valence-corrected chi connectivity index (χ3v) is 14.9. The monoisotopic (exact) mass is 972 g/mol. The van der Waals surface area contributed by atoms with Gasteiger partial charge < -0.3 is 4.57 Å². The zero-order chi connectivity index (χ0) is 49.8. The molecule has 0 fully saturated rings. The number of fused-ring (bicyclic) bond motifs is 13. The molecule has 0 saturated heterocycles. The molecule has 10 aromatic carbocycles. The number of para-hydroxylation sites is 6. The molecule has 10 heteroatoms. The highest BCUT2D eigenvalue weighted by Crippen LogP contribution is 2.43. The maximum Gasteiger partial charge on any atom is 0.241 e. The number of rotatable bonds is 7. The van der Waals surface area contributed by atoms with Crippen molar-refractivity contribution in [2.75, 3.05) is 0 Å². The van der Waals surface area contributed by atoms with Gasteiger partial charge in [0.2, 0.25) is 17.8 Å². The van der Waals surface area contributed by atoms with Gasteiger partial charge in [-0.25, -0.2) is 15.0 Å². The molecule has 0 bridgehead atoms. The molecule has 0 unspecified atom stereocenters. The summed E-state index contributed by atoms with van der Waals surface area (Å²) in [6.45, 7) is 0. The summed E-state index contributed by atoms with van der Waals surface area (Å²) in [6, 6.07) is 84.5. The van der Waals surface area contributed by atoms with Gasteiger partial charge in [-0.2, -0.15) is 15.0 Å². The summed E-state index contributed by atoms with van der Waals surface area (Å²) >= 11 is 0. The van der Waals surface area contributed by atoms with E-state index in [1.807, 2.05) is 60.7 Å². The van der Waals surface area contributed by atoms with E-state index in [-0.39, 0.29) is 0 Å². The predicted octanol–water partition coefficient (Wildman–Crippen LogP) is 15.4. The summed E-state index contributed by atoms with van der Waals surface area (Å²) in [5.74, 6) is 3.38. The van der Waals surface area contributed by atoms with Crippen molar-refractivity contribution in [3.63, 3.8) is 0 Å². The number of aromatic nitrogens is 10. The molecule has 0 atom stereocenters. The van der Waals surface area contributed by atoms with E-state index in [9.17, 15) is 0 Å². The summed E-state index contributed by atoms with van der Waals surface area (Å²) in [4.78, 5) is 31.7. The van der Waals surface area contributed by atoms with Gasteiger partial charge in [0, 0.05) is 65.5 Å². The van der Waals surface area contributed by atoms with E-state index < -0.39 is 0 Å². The van der Waals surface area contributed by atoms with Gasteiger partial charge >= 0.3 is 0 Å². The van der Waals surface area contributed by atoms with Crippen LogP contribution in [0.15, 0.2) is 243 Å². The fourth-order valence-electron chi connectivity index (χ4n) is 11.7. The molecule has 0 radical (unpaired) electrons. The lowest BCUT2D eigenvalue weighted by atomic mass is 10.1. The fraction of sp³-hybridized carbons (Fsp3) is 0. The standard InChI is InChI=1S/C66H40N10/c1-3-20-41(21-4-1)61-67-62(42-22-5-2-6-23-42)69-63(68-61)43-24-19-25-44(40-43)73-55-36-17-11-30-49(55)59-57(73)38-39-58-60(59)50-31-12-18-37-56(50)76(58)66-71-64(74-51-32-13-7-26-45(51)46-27-8-14-33-52(46)74)70-65(72-66)75-53-34-15-9-28-47(53)48-29-10-16-35-54(48)75/h1-40H. The fourth-order valence-corrected chi connectivity index (χ4v) is 11.7. The molecule has 16 rings (SSSR count). The molecule has 6 heterocycles. The molecule has 0 spiro atoms. The lowest BCUT2D eigenvalue weighted by Crippen LogP contribution is -2.13. The molecular weight excluding hydrogens is 933 g/mol. The van der Waals surface area contributed by atoms with Crippen LogP contribution in [0.4, 0.5) is 0 Å². The first-order valence-corrected chi connectivity index (χ1v) is 25.4. The van der Waals surface area contributed by atoms with Gasteiger partial charge in [-0.05, 0) is 60.7 Å². The number of benzene rings is 10. The second-order valence-corrected chi connectivity index (χ2v) is 19.1. The van der Waals surface area contributed by atoms with E-state index in [1.165, 1.54) is 0 Å². The van der Waals surface area contributed by atoms with E-state index in [4.69, 9.17) is 29.9 Å². The zero-order valence-corrected chi connectivity index (χ0v) is 40.6. The molecule has 16 aromatic rings. The van der Waals surface area contributed by atoms with Crippen molar-refractivity contribution < 1.29 is 0 Å². The first-order valence-electron chi connectivity index (χ1n) is 25.4. The Kier molecular flexibility index (Phi) is 9.10. The lowest BCUT2D eigenvalue weighted by molar-refractivity contribution is 0.848.